The molecule has 2 atom stereocenters. The van der Waals surface area contributed by atoms with Crippen LogP contribution >= 0.6 is 11.3 Å². The Bertz CT molecular complexity index is 820. The fourth-order valence-corrected chi connectivity index (χ4v) is 5.41. The molecule has 0 radical (unpaired) electrons. The van der Waals surface area contributed by atoms with Gasteiger partial charge in [-0.15, -0.1) is 11.3 Å². The first-order valence-corrected chi connectivity index (χ1v) is 11.3. The van der Waals surface area contributed by atoms with Crippen molar-refractivity contribution in [1.29, 1.82) is 0 Å². The Balaban J connectivity index is 1.45. The van der Waals surface area contributed by atoms with Crippen LogP contribution in [0, 0.1) is 5.92 Å². The number of nitrogens with zero attached hydrogens (tertiary/aromatic N) is 3. The lowest BCUT2D eigenvalue weighted by molar-refractivity contribution is -0.126. The van der Waals surface area contributed by atoms with Gasteiger partial charge < -0.3 is 15.5 Å². The van der Waals surface area contributed by atoms with Crippen molar-refractivity contribution in [2.24, 2.45) is 5.92 Å². The van der Waals surface area contributed by atoms with Crippen molar-refractivity contribution in [3.63, 3.8) is 0 Å². The lowest BCUT2D eigenvalue weighted by Crippen LogP contribution is -2.55. The minimum Gasteiger partial charge on any atom is -0.356 e. The molecule has 0 aromatic carbocycles. The number of nitrogens with one attached hydrogen (secondary N) is 2. The van der Waals surface area contributed by atoms with E-state index in [4.69, 9.17) is 0 Å². The lowest BCUT2D eigenvalue weighted by atomic mass is 9.91. The average molecular weight is 428 g/mol. The maximum Gasteiger partial charge on any atom is 0.393 e. The van der Waals surface area contributed by atoms with Gasteiger partial charge in [0.1, 0.15) is 17.0 Å². The molecule has 2 N–H and O–H groups in total. The SMILES string of the molecule is CC[C@H](N[C@@H]1CCCN(c2ncnc3sc(CC(F)(F)F)cc23)CC1)C1CNC1. The Morgan fingerprint density at radius 1 is 1.28 bits per heavy atom. The van der Waals surface area contributed by atoms with Crippen LogP contribution in [0.3, 0.4) is 0 Å². The normalized spacial score (nSPS) is 22.5. The third kappa shape index (κ3) is 5.00. The number of rotatable bonds is 6. The summed E-state index contributed by atoms with van der Waals surface area (Å²) in [5.74, 6) is 1.49. The summed E-state index contributed by atoms with van der Waals surface area (Å²) < 4.78 is 38.4. The van der Waals surface area contributed by atoms with Crippen molar-refractivity contribution in [1.82, 2.24) is 20.6 Å². The highest BCUT2D eigenvalue weighted by atomic mass is 32.1. The Morgan fingerprint density at radius 3 is 2.79 bits per heavy atom. The number of alkyl halides is 3. The molecule has 2 aliphatic heterocycles. The highest BCUT2D eigenvalue weighted by molar-refractivity contribution is 7.18. The molecule has 9 heteroatoms. The van der Waals surface area contributed by atoms with Gasteiger partial charge >= 0.3 is 6.18 Å². The molecule has 0 bridgehead atoms. The van der Waals surface area contributed by atoms with E-state index in [1.807, 2.05) is 0 Å². The van der Waals surface area contributed by atoms with Crippen LogP contribution in [0.5, 0.6) is 0 Å². The van der Waals surface area contributed by atoms with Gasteiger partial charge in [0.05, 0.1) is 11.8 Å². The molecule has 0 saturated carbocycles. The Kier molecular flexibility index (Phi) is 6.27. The monoisotopic (exact) mass is 427 g/mol. The summed E-state index contributed by atoms with van der Waals surface area (Å²) in [6, 6.07) is 2.66. The highest BCUT2D eigenvalue weighted by Gasteiger charge is 2.30. The second-order valence-corrected chi connectivity index (χ2v) is 9.25. The fourth-order valence-electron chi connectivity index (χ4n) is 4.39. The van der Waals surface area contributed by atoms with Gasteiger partial charge in [0.2, 0.25) is 0 Å². The van der Waals surface area contributed by atoms with Crippen LogP contribution in [0.2, 0.25) is 0 Å². The molecule has 2 aromatic heterocycles. The summed E-state index contributed by atoms with van der Waals surface area (Å²) in [6.07, 6.45) is 0.669. The molecular formula is C20H28F3N5S. The van der Waals surface area contributed by atoms with E-state index in [0.717, 1.165) is 80.3 Å². The highest BCUT2D eigenvalue weighted by Crippen LogP contribution is 2.34. The molecule has 160 valence electrons. The van der Waals surface area contributed by atoms with Gasteiger partial charge in [-0.3, -0.25) is 0 Å². The number of fused-ring (bicyclic) bond motifs is 1. The van der Waals surface area contributed by atoms with Crippen LogP contribution in [0.25, 0.3) is 10.2 Å². The first-order valence-electron chi connectivity index (χ1n) is 10.4. The molecule has 0 spiro atoms. The number of hydrogen-bond donors (Lipinski definition) is 2. The van der Waals surface area contributed by atoms with E-state index in [1.54, 1.807) is 6.07 Å². The van der Waals surface area contributed by atoms with E-state index in [9.17, 15) is 13.2 Å². The molecule has 29 heavy (non-hydrogen) atoms. The second-order valence-electron chi connectivity index (χ2n) is 8.14. The maximum absolute atomic E-state index is 12.8. The molecule has 2 aliphatic rings. The summed E-state index contributed by atoms with van der Waals surface area (Å²) >= 11 is 1.12. The Hall–Kier alpha value is -1.45. The molecule has 0 aliphatic carbocycles. The zero-order valence-corrected chi connectivity index (χ0v) is 17.5. The average Bonchev–Trinajstić information content (AvgIpc) is 2.87. The number of anilines is 1. The summed E-state index contributed by atoms with van der Waals surface area (Å²) in [4.78, 5) is 11.8. The molecule has 2 saturated heterocycles. The van der Waals surface area contributed by atoms with Crippen LogP contribution < -0.4 is 15.5 Å². The van der Waals surface area contributed by atoms with Gasteiger partial charge in [0, 0.05) is 43.1 Å². The standard InChI is InChI=1S/C20H28F3N5S/c1-2-17(13-10-24-11-13)27-14-4-3-6-28(7-5-14)18-16-8-15(9-20(21,22)23)29-19(16)26-12-25-18/h8,12-14,17,24,27H,2-7,9-11H2,1H3/t14-,17+/m1/s1. The van der Waals surface area contributed by atoms with Crippen LogP contribution in [0.4, 0.5) is 19.0 Å². The number of hydrogen-bond acceptors (Lipinski definition) is 6. The van der Waals surface area contributed by atoms with E-state index in [2.05, 4.69) is 32.4 Å². The van der Waals surface area contributed by atoms with Crippen molar-refractivity contribution in [3.05, 3.63) is 17.3 Å². The molecule has 0 amide bonds. The summed E-state index contributed by atoms with van der Waals surface area (Å²) in [7, 11) is 0. The quantitative estimate of drug-likeness (QED) is 0.736. The van der Waals surface area contributed by atoms with Crippen molar-refractivity contribution < 1.29 is 13.2 Å². The van der Waals surface area contributed by atoms with Gasteiger partial charge in [-0.1, -0.05) is 6.92 Å². The third-order valence-electron chi connectivity index (χ3n) is 6.03. The van der Waals surface area contributed by atoms with E-state index >= 15 is 0 Å². The Labute approximate surface area is 173 Å². The largest absolute Gasteiger partial charge is 0.393 e. The maximum atomic E-state index is 12.8. The van der Waals surface area contributed by atoms with Gasteiger partial charge in [-0.2, -0.15) is 13.2 Å². The van der Waals surface area contributed by atoms with Crippen molar-refractivity contribution in [3.8, 4) is 0 Å². The molecular weight excluding hydrogens is 399 g/mol. The smallest absolute Gasteiger partial charge is 0.356 e. The molecule has 4 heterocycles. The first kappa shape index (κ1) is 20.8. The van der Waals surface area contributed by atoms with Crippen LogP contribution in [-0.4, -0.2) is 54.4 Å². The van der Waals surface area contributed by atoms with Crippen molar-refractivity contribution in [2.45, 2.75) is 57.3 Å². The van der Waals surface area contributed by atoms with E-state index in [0.29, 0.717) is 21.8 Å². The molecule has 5 nitrogen and oxygen atoms in total. The molecule has 0 unspecified atom stereocenters. The van der Waals surface area contributed by atoms with Crippen LogP contribution in [0.15, 0.2) is 12.4 Å². The predicted molar refractivity (Wildman–Crippen MR) is 111 cm³/mol. The third-order valence-corrected chi connectivity index (χ3v) is 7.08. The van der Waals surface area contributed by atoms with Gasteiger partial charge in [0.25, 0.3) is 0 Å². The second kappa shape index (κ2) is 8.73. The fraction of sp³-hybridized carbons (Fsp3) is 0.700. The molecule has 2 aromatic rings. The zero-order chi connectivity index (χ0) is 20.4. The minimum atomic E-state index is -4.21. The number of thiophene rings is 1. The lowest BCUT2D eigenvalue weighted by Gasteiger charge is -2.37. The summed E-state index contributed by atoms with van der Waals surface area (Å²) in [5, 5.41) is 7.97. The predicted octanol–water partition coefficient (Wildman–Crippen LogP) is 3.74. The molecule has 2 fully saturated rings. The minimum absolute atomic E-state index is 0.295. The summed E-state index contributed by atoms with van der Waals surface area (Å²) in [6.45, 7) is 6.17. The zero-order valence-electron chi connectivity index (χ0n) is 16.6. The van der Waals surface area contributed by atoms with Gasteiger partial charge in [-0.25, -0.2) is 9.97 Å². The van der Waals surface area contributed by atoms with E-state index in [-0.39, 0.29) is 0 Å². The Morgan fingerprint density at radius 2 is 2.10 bits per heavy atom. The topological polar surface area (TPSA) is 53.1 Å². The number of halogens is 3. The molecule has 4 rings (SSSR count). The van der Waals surface area contributed by atoms with Gasteiger partial charge in [-0.05, 0) is 37.7 Å². The van der Waals surface area contributed by atoms with Crippen molar-refractivity contribution in [2.75, 3.05) is 31.1 Å². The van der Waals surface area contributed by atoms with E-state index < -0.39 is 12.6 Å². The summed E-state index contributed by atoms with van der Waals surface area (Å²) in [5.41, 5.74) is 0. The van der Waals surface area contributed by atoms with Crippen LogP contribution in [-0.2, 0) is 6.42 Å². The van der Waals surface area contributed by atoms with E-state index in [1.165, 1.54) is 6.33 Å². The van der Waals surface area contributed by atoms with Crippen LogP contribution in [0.1, 0.15) is 37.5 Å². The van der Waals surface area contributed by atoms with Crippen molar-refractivity contribution >= 4 is 27.4 Å². The first-order chi connectivity index (χ1) is 13.9. The number of aromatic nitrogens is 2. The van der Waals surface area contributed by atoms with Gasteiger partial charge in [0.15, 0.2) is 0 Å².